The largest absolute Gasteiger partial charge is 0.457 e. The Hall–Kier alpha value is -2.09. The van der Waals surface area contributed by atoms with E-state index in [1.807, 2.05) is 0 Å². The molecule has 27 heavy (non-hydrogen) atoms. The number of anilines is 1. The molecule has 1 aliphatic heterocycles. The van der Waals surface area contributed by atoms with E-state index in [2.05, 4.69) is 0 Å². The summed E-state index contributed by atoms with van der Waals surface area (Å²) in [5.41, 5.74) is 7.09. The van der Waals surface area contributed by atoms with Crippen LogP contribution in [0, 0.1) is 0 Å². The van der Waals surface area contributed by atoms with Gasteiger partial charge in [0.05, 0.1) is 10.5 Å². The standard InChI is InChI=1S/C19H21ClN2O4S/c20-16-8-7-15(18(21)12-16)13-26-19(23)14-5-4-6-17(11-14)27(24,25)22-9-2-1-3-10-22/h4-8,11-12H,1-3,9-10,13,21H2. The van der Waals surface area contributed by atoms with Crippen molar-refractivity contribution < 1.29 is 17.9 Å². The SMILES string of the molecule is Nc1cc(Cl)ccc1COC(=O)c1cccc(S(=O)(=O)N2CCCCC2)c1. The van der Waals surface area contributed by atoms with Gasteiger partial charge >= 0.3 is 5.97 Å². The highest BCUT2D eigenvalue weighted by atomic mass is 35.5. The topological polar surface area (TPSA) is 89.7 Å². The second kappa shape index (κ2) is 8.29. The molecular formula is C19H21ClN2O4S. The van der Waals surface area contributed by atoms with E-state index < -0.39 is 16.0 Å². The van der Waals surface area contributed by atoms with Crippen molar-refractivity contribution in [3.63, 3.8) is 0 Å². The average molecular weight is 409 g/mol. The van der Waals surface area contributed by atoms with Crippen LogP contribution in [-0.2, 0) is 21.4 Å². The molecule has 144 valence electrons. The number of benzene rings is 2. The Labute approximate surface area is 163 Å². The number of carbonyl (C=O) groups excluding carboxylic acids is 1. The number of nitrogen functional groups attached to an aromatic ring is 1. The number of halogens is 1. The highest BCUT2D eigenvalue weighted by Crippen LogP contribution is 2.22. The zero-order chi connectivity index (χ0) is 19.4. The van der Waals surface area contributed by atoms with Gasteiger partial charge in [0.2, 0.25) is 10.0 Å². The van der Waals surface area contributed by atoms with E-state index in [1.54, 1.807) is 24.3 Å². The third-order valence-corrected chi connectivity index (χ3v) is 6.62. The van der Waals surface area contributed by atoms with E-state index in [0.717, 1.165) is 19.3 Å². The molecule has 0 radical (unpaired) electrons. The molecule has 0 atom stereocenters. The zero-order valence-corrected chi connectivity index (χ0v) is 16.3. The van der Waals surface area contributed by atoms with Crippen LogP contribution >= 0.6 is 11.6 Å². The number of esters is 1. The summed E-state index contributed by atoms with van der Waals surface area (Å²) in [6.07, 6.45) is 2.74. The number of ether oxygens (including phenoxy) is 1. The molecule has 3 rings (SSSR count). The van der Waals surface area contributed by atoms with Crippen LogP contribution in [0.1, 0.15) is 35.2 Å². The third-order valence-electron chi connectivity index (χ3n) is 4.49. The minimum atomic E-state index is -3.61. The Morgan fingerprint density at radius 3 is 2.56 bits per heavy atom. The number of nitrogens with zero attached hydrogens (tertiary/aromatic N) is 1. The lowest BCUT2D eigenvalue weighted by atomic mass is 10.2. The maximum absolute atomic E-state index is 12.8. The van der Waals surface area contributed by atoms with Crippen LogP contribution in [0.25, 0.3) is 0 Å². The molecule has 0 unspecified atom stereocenters. The van der Waals surface area contributed by atoms with Crippen molar-refractivity contribution in [2.45, 2.75) is 30.8 Å². The van der Waals surface area contributed by atoms with E-state index in [-0.39, 0.29) is 17.1 Å². The molecule has 1 heterocycles. The second-order valence-corrected chi connectivity index (χ2v) is 8.79. The van der Waals surface area contributed by atoms with Crippen molar-refractivity contribution >= 4 is 33.3 Å². The molecule has 1 saturated heterocycles. The van der Waals surface area contributed by atoms with Crippen molar-refractivity contribution in [1.82, 2.24) is 4.31 Å². The van der Waals surface area contributed by atoms with Gasteiger partial charge in [0, 0.05) is 29.4 Å². The van der Waals surface area contributed by atoms with Crippen LogP contribution in [0.5, 0.6) is 0 Å². The van der Waals surface area contributed by atoms with Crippen LogP contribution in [0.15, 0.2) is 47.4 Å². The number of sulfonamides is 1. The molecule has 2 aromatic rings. The van der Waals surface area contributed by atoms with Gasteiger partial charge < -0.3 is 10.5 Å². The van der Waals surface area contributed by atoms with E-state index in [1.165, 1.54) is 22.5 Å². The smallest absolute Gasteiger partial charge is 0.338 e. The Bertz CT molecular complexity index is 940. The lowest BCUT2D eigenvalue weighted by Crippen LogP contribution is -2.35. The summed E-state index contributed by atoms with van der Waals surface area (Å²) in [6.45, 7) is 0.991. The third kappa shape index (κ3) is 4.61. The number of rotatable bonds is 5. The minimum absolute atomic E-state index is 0.0229. The Balaban J connectivity index is 1.73. The van der Waals surface area contributed by atoms with Gasteiger partial charge in [-0.2, -0.15) is 4.31 Å². The number of nitrogens with two attached hydrogens (primary N) is 1. The predicted molar refractivity (Wildman–Crippen MR) is 104 cm³/mol. The molecule has 2 aromatic carbocycles. The lowest BCUT2D eigenvalue weighted by Gasteiger charge is -2.25. The van der Waals surface area contributed by atoms with Crippen LogP contribution < -0.4 is 5.73 Å². The molecular weight excluding hydrogens is 388 g/mol. The summed E-state index contributed by atoms with van der Waals surface area (Å²) < 4.78 is 32.3. The summed E-state index contributed by atoms with van der Waals surface area (Å²) in [5.74, 6) is -0.611. The highest BCUT2D eigenvalue weighted by molar-refractivity contribution is 7.89. The molecule has 2 N–H and O–H groups in total. The molecule has 0 bridgehead atoms. The Morgan fingerprint density at radius 1 is 1.11 bits per heavy atom. The normalized spacial score (nSPS) is 15.4. The van der Waals surface area contributed by atoms with Gasteiger partial charge in [0.15, 0.2) is 0 Å². The van der Waals surface area contributed by atoms with Gasteiger partial charge in [-0.1, -0.05) is 30.2 Å². The van der Waals surface area contributed by atoms with Crippen molar-refractivity contribution in [3.05, 3.63) is 58.6 Å². The molecule has 0 spiro atoms. The van der Waals surface area contributed by atoms with Gasteiger partial charge in [-0.25, -0.2) is 13.2 Å². The maximum Gasteiger partial charge on any atom is 0.338 e. The fraction of sp³-hybridized carbons (Fsp3) is 0.316. The van der Waals surface area contributed by atoms with E-state index >= 15 is 0 Å². The van der Waals surface area contributed by atoms with E-state index in [9.17, 15) is 13.2 Å². The van der Waals surface area contributed by atoms with Crippen molar-refractivity contribution in [3.8, 4) is 0 Å². The van der Waals surface area contributed by atoms with Crippen molar-refractivity contribution in [2.24, 2.45) is 0 Å². The van der Waals surface area contributed by atoms with Gasteiger partial charge in [0.1, 0.15) is 6.61 Å². The first-order chi connectivity index (χ1) is 12.9. The zero-order valence-electron chi connectivity index (χ0n) is 14.7. The van der Waals surface area contributed by atoms with Gasteiger partial charge in [-0.05, 0) is 43.2 Å². The summed E-state index contributed by atoms with van der Waals surface area (Å²) in [4.78, 5) is 12.5. The summed E-state index contributed by atoms with van der Waals surface area (Å²) in [6, 6.07) is 10.9. The second-order valence-electron chi connectivity index (χ2n) is 6.41. The summed E-state index contributed by atoms with van der Waals surface area (Å²) in [7, 11) is -3.61. The van der Waals surface area contributed by atoms with Crippen LogP contribution in [0.4, 0.5) is 5.69 Å². The molecule has 6 nitrogen and oxygen atoms in total. The Morgan fingerprint density at radius 2 is 1.85 bits per heavy atom. The first-order valence-corrected chi connectivity index (χ1v) is 10.5. The van der Waals surface area contributed by atoms with Gasteiger partial charge in [-0.3, -0.25) is 0 Å². The number of carbonyl (C=O) groups is 1. The van der Waals surface area contributed by atoms with Gasteiger partial charge in [-0.15, -0.1) is 0 Å². The molecule has 0 saturated carbocycles. The molecule has 1 fully saturated rings. The molecule has 0 amide bonds. The number of piperidine rings is 1. The molecule has 0 aromatic heterocycles. The monoisotopic (exact) mass is 408 g/mol. The first kappa shape index (κ1) is 19.7. The minimum Gasteiger partial charge on any atom is -0.457 e. The van der Waals surface area contributed by atoms with Crippen LogP contribution in [0.2, 0.25) is 5.02 Å². The quantitative estimate of drug-likeness (QED) is 0.604. The lowest BCUT2D eigenvalue weighted by molar-refractivity contribution is 0.0473. The fourth-order valence-electron chi connectivity index (χ4n) is 2.96. The molecule has 1 aliphatic rings. The predicted octanol–water partition coefficient (Wildman–Crippen LogP) is 3.45. The summed E-state index contributed by atoms with van der Waals surface area (Å²) in [5, 5.41) is 0.498. The van der Waals surface area contributed by atoms with Crippen molar-refractivity contribution in [1.29, 1.82) is 0 Å². The molecule has 0 aliphatic carbocycles. The van der Waals surface area contributed by atoms with Crippen LogP contribution in [0.3, 0.4) is 0 Å². The fourth-order valence-corrected chi connectivity index (χ4v) is 4.71. The van der Waals surface area contributed by atoms with E-state index in [4.69, 9.17) is 22.1 Å². The average Bonchev–Trinajstić information content (AvgIpc) is 2.68. The van der Waals surface area contributed by atoms with Crippen LogP contribution in [-0.4, -0.2) is 31.8 Å². The maximum atomic E-state index is 12.8. The Kier molecular flexibility index (Phi) is 6.04. The molecule has 8 heteroatoms. The van der Waals surface area contributed by atoms with E-state index in [0.29, 0.717) is 29.4 Å². The summed E-state index contributed by atoms with van der Waals surface area (Å²) >= 11 is 5.85. The first-order valence-electron chi connectivity index (χ1n) is 8.69. The number of hydrogen-bond acceptors (Lipinski definition) is 5. The van der Waals surface area contributed by atoms with Crippen molar-refractivity contribution in [2.75, 3.05) is 18.8 Å². The highest BCUT2D eigenvalue weighted by Gasteiger charge is 2.26. The van der Waals surface area contributed by atoms with Gasteiger partial charge in [0.25, 0.3) is 0 Å². The number of hydrogen-bond donors (Lipinski definition) is 1.